The Morgan fingerprint density at radius 2 is 1.43 bits per heavy atom. The molecule has 0 amide bonds. The molecule has 0 aliphatic heterocycles. The van der Waals surface area contributed by atoms with Gasteiger partial charge in [0.2, 0.25) is 5.82 Å². The van der Waals surface area contributed by atoms with Gasteiger partial charge in [0.05, 0.1) is 19.3 Å². The molecule has 28 heavy (non-hydrogen) atoms. The van der Waals surface area contributed by atoms with E-state index in [4.69, 9.17) is 9.47 Å². The predicted molar refractivity (Wildman–Crippen MR) is 99.9 cm³/mol. The van der Waals surface area contributed by atoms with Crippen molar-refractivity contribution in [2.75, 3.05) is 13.7 Å². The lowest BCUT2D eigenvalue weighted by molar-refractivity contribution is 0.314. The number of rotatable bonds is 5. The second-order valence-corrected chi connectivity index (χ2v) is 6.66. The van der Waals surface area contributed by atoms with Gasteiger partial charge in [0.15, 0.2) is 23.2 Å². The normalized spacial score (nSPS) is 14.1. The summed E-state index contributed by atoms with van der Waals surface area (Å²) in [6.07, 6.45) is 4.58. The van der Waals surface area contributed by atoms with Gasteiger partial charge in [0.25, 0.3) is 0 Å². The van der Waals surface area contributed by atoms with E-state index in [9.17, 15) is 17.6 Å². The zero-order chi connectivity index (χ0) is 20.3. The Kier molecular flexibility index (Phi) is 6.27. The molecule has 150 valence electrons. The second-order valence-electron chi connectivity index (χ2n) is 6.66. The maximum atomic E-state index is 14.8. The van der Waals surface area contributed by atoms with Crippen LogP contribution in [0, 0.1) is 23.3 Å². The number of allylic oxidation sites excluding steroid dienone is 1. The van der Waals surface area contributed by atoms with E-state index >= 15 is 0 Å². The number of methoxy groups -OCH3 is 1. The lowest BCUT2D eigenvalue weighted by Crippen LogP contribution is -2.05. The van der Waals surface area contributed by atoms with Crippen molar-refractivity contribution < 1.29 is 27.0 Å². The Hall–Kier alpha value is -2.50. The quantitative estimate of drug-likeness (QED) is 0.419. The van der Waals surface area contributed by atoms with Crippen molar-refractivity contribution in [1.29, 1.82) is 0 Å². The Labute approximate surface area is 161 Å². The van der Waals surface area contributed by atoms with Crippen molar-refractivity contribution in [1.82, 2.24) is 0 Å². The van der Waals surface area contributed by atoms with E-state index in [0.29, 0.717) is 5.76 Å². The van der Waals surface area contributed by atoms with Gasteiger partial charge >= 0.3 is 0 Å². The van der Waals surface area contributed by atoms with Gasteiger partial charge in [0, 0.05) is 11.1 Å². The van der Waals surface area contributed by atoms with E-state index in [1.807, 2.05) is 0 Å². The van der Waals surface area contributed by atoms with Crippen LogP contribution < -0.4 is 4.74 Å². The molecule has 2 aromatic carbocycles. The van der Waals surface area contributed by atoms with Gasteiger partial charge < -0.3 is 9.47 Å². The van der Waals surface area contributed by atoms with Crippen LogP contribution in [0.1, 0.15) is 44.6 Å². The summed E-state index contributed by atoms with van der Waals surface area (Å²) < 4.78 is 68.5. The number of benzene rings is 2. The van der Waals surface area contributed by atoms with Gasteiger partial charge in [-0.25, -0.2) is 13.2 Å². The topological polar surface area (TPSA) is 18.5 Å². The molecule has 0 saturated heterocycles. The Morgan fingerprint density at radius 3 is 2.04 bits per heavy atom. The van der Waals surface area contributed by atoms with Crippen LogP contribution >= 0.6 is 0 Å². The van der Waals surface area contributed by atoms with Crippen LogP contribution in [0.4, 0.5) is 17.6 Å². The summed E-state index contributed by atoms with van der Waals surface area (Å²) in [6, 6.07) is 4.97. The third-order valence-corrected chi connectivity index (χ3v) is 4.95. The SMILES string of the molecule is CCOc1ccc(-c2ccc(C(OC)=C3CCCCC3)c(F)c2F)c(F)c1F. The summed E-state index contributed by atoms with van der Waals surface area (Å²) in [4.78, 5) is 0. The summed E-state index contributed by atoms with van der Waals surface area (Å²) in [6.45, 7) is 1.79. The maximum absolute atomic E-state index is 14.8. The van der Waals surface area contributed by atoms with Crippen LogP contribution in [-0.4, -0.2) is 13.7 Å². The van der Waals surface area contributed by atoms with Gasteiger partial charge in [-0.15, -0.1) is 0 Å². The second kappa shape index (κ2) is 8.67. The average Bonchev–Trinajstić information content (AvgIpc) is 2.71. The molecule has 3 rings (SSSR count). The van der Waals surface area contributed by atoms with E-state index in [2.05, 4.69) is 0 Å². The molecule has 0 heterocycles. The fourth-order valence-electron chi connectivity index (χ4n) is 3.59. The largest absolute Gasteiger partial charge is 0.496 e. The summed E-state index contributed by atoms with van der Waals surface area (Å²) >= 11 is 0. The summed E-state index contributed by atoms with van der Waals surface area (Å²) in [7, 11) is 1.42. The van der Waals surface area contributed by atoms with Crippen molar-refractivity contribution in [3.8, 4) is 16.9 Å². The molecule has 0 N–H and O–H groups in total. The lowest BCUT2D eigenvalue weighted by Gasteiger charge is -2.19. The number of hydrogen-bond donors (Lipinski definition) is 0. The van der Waals surface area contributed by atoms with Crippen molar-refractivity contribution in [3.05, 3.63) is 58.7 Å². The fourth-order valence-corrected chi connectivity index (χ4v) is 3.59. The third-order valence-electron chi connectivity index (χ3n) is 4.95. The van der Waals surface area contributed by atoms with Crippen LogP contribution in [0.5, 0.6) is 5.75 Å². The third kappa shape index (κ3) is 3.73. The van der Waals surface area contributed by atoms with Crippen molar-refractivity contribution in [2.24, 2.45) is 0 Å². The van der Waals surface area contributed by atoms with E-state index in [1.54, 1.807) is 6.92 Å². The Morgan fingerprint density at radius 1 is 0.821 bits per heavy atom. The van der Waals surface area contributed by atoms with Gasteiger partial charge in [-0.3, -0.25) is 0 Å². The number of halogens is 4. The Bertz CT molecular complexity index is 898. The van der Waals surface area contributed by atoms with Gasteiger partial charge in [-0.05, 0) is 56.4 Å². The van der Waals surface area contributed by atoms with Crippen LogP contribution in [0.3, 0.4) is 0 Å². The van der Waals surface area contributed by atoms with Gasteiger partial charge in [-0.1, -0.05) is 12.5 Å². The molecule has 1 fully saturated rings. The lowest BCUT2D eigenvalue weighted by atomic mass is 9.91. The van der Waals surface area contributed by atoms with Crippen molar-refractivity contribution in [3.63, 3.8) is 0 Å². The molecule has 0 radical (unpaired) electrons. The monoisotopic (exact) mass is 394 g/mol. The molecule has 0 spiro atoms. The minimum Gasteiger partial charge on any atom is -0.496 e. The highest BCUT2D eigenvalue weighted by atomic mass is 19.2. The first-order chi connectivity index (χ1) is 13.5. The minimum absolute atomic E-state index is 0.00698. The fraction of sp³-hybridized carbons (Fsp3) is 0.364. The van der Waals surface area contributed by atoms with Crippen molar-refractivity contribution in [2.45, 2.75) is 39.0 Å². The number of ether oxygens (including phenoxy) is 2. The van der Waals surface area contributed by atoms with Crippen LogP contribution in [0.25, 0.3) is 16.9 Å². The molecule has 6 heteroatoms. The maximum Gasteiger partial charge on any atom is 0.201 e. The van der Waals surface area contributed by atoms with E-state index in [-0.39, 0.29) is 29.0 Å². The molecule has 1 aliphatic carbocycles. The van der Waals surface area contributed by atoms with Gasteiger partial charge in [-0.2, -0.15) is 4.39 Å². The van der Waals surface area contributed by atoms with Crippen LogP contribution in [0.2, 0.25) is 0 Å². The van der Waals surface area contributed by atoms with Crippen molar-refractivity contribution >= 4 is 5.76 Å². The first-order valence-electron chi connectivity index (χ1n) is 9.35. The van der Waals surface area contributed by atoms with E-state index < -0.39 is 23.3 Å². The zero-order valence-electron chi connectivity index (χ0n) is 15.9. The standard InChI is InChI=1S/C22H22F4O2/c1-3-28-17-12-11-15(19(24)21(17)26)14-9-10-16(20(25)18(14)23)22(27-2)13-7-5-4-6-8-13/h9-12H,3-8H2,1-2H3. The predicted octanol–water partition coefficient (Wildman–Crippen LogP) is 6.63. The van der Waals surface area contributed by atoms with Crippen LogP contribution in [0.15, 0.2) is 29.8 Å². The highest BCUT2D eigenvalue weighted by molar-refractivity contribution is 5.71. The molecule has 0 atom stereocenters. The number of hydrogen-bond acceptors (Lipinski definition) is 2. The smallest absolute Gasteiger partial charge is 0.201 e. The molecule has 1 saturated carbocycles. The highest BCUT2D eigenvalue weighted by Crippen LogP contribution is 2.37. The molecule has 0 bridgehead atoms. The molecular weight excluding hydrogens is 372 g/mol. The first kappa shape index (κ1) is 20.2. The van der Waals surface area contributed by atoms with E-state index in [1.165, 1.54) is 31.4 Å². The summed E-state index contributed by atoms with van der Waals surface area (Å²) in [5.74, 6) is -4.85. The average molecular weight is 394 g/mol. The molecule has 0 unspecified atom stereocenters. The summed E-state index contributed by atoms with van der Waals surface area (Å²) in [5.41, 5.74) is 0.212. The molecule has 1 aliphatic rings. The Balaban J connectivity index is 2.07. The molecule has 2 nitrogen and oxygen atoms in total. The highest BCUT2D eigenvalue weighted by Gasteiger charge is 2.24. The zero-order valence-corrected chi connectivity index (χ0v) is 15.9. The summed E-state index contributed by atoms with van der Waals surface area (Å²) in [5, 5.41) is 0. The van der Waals surface area contributed by atoms with Crippen LogP contribution in [-0.2, 0) is 4.74 Å². The first-order valence-corrected chi connectivity index (χ1v) is 9.35. The minimum atomic E-state index is -1.28. The molecular formula is C22H22F4O2. The molecule has 2 aromatic rings. The molecule has 0 aromatic heterocycles. The van der Waals surface area contributed by atoms with E-state index in [0.717, 1.165) is 37.7 Å². The van der Waals surface area contributed by atoms with Gasteiger partial charge in [0.1, 0.15) is 5.76 Å².